The van der Waals surface area contributed by atoms with Gasteiger partial charge in [0.05, 0.1) is 0 Å². The quantitative estimate of drug-likeness (QED) is 0.459. The van der Waals surface area contributed by atoms with Crippen LogP contribution in [0.3, 0.4) is 0 Å². The van der Waals surface area contributed by atoms with Gasteiger partial charge in [-0.05, 0) is 44.7 Å². The number of aliphatic carboxylic acids is 3. The lowest BCUT2D eigenvalue weighted by Gasteiger charge is -2.17. The molecular weight excluding hydrogens is 340 g/mol. The first-order valence-electron chi connectivity index (χ1n) is 8.53. The zero-order valence-electron chi connectivity index (χ0n) is 14.7. The van der Waals surface area contributed by atoms with Crippen molar-refractivity contribution in [2.75, 3.05) is 6.54 Å². The van der Waals surface area contributed by atoms with E-state index in [9.17, 15) is 14.4 Å². The zero-order chi connectivity index (χ0) is 19.5. The van der Waals surface area contributed by atoms with Crippen LogP contribution in [-0.4, -0.2) is 57.9 Å². The molecule has 0 spiro atoms. The van der Waals surface area contributed by atoms with Gasteiger partial charge in [-0.3, -0.25) is 19.7 Å². The Labute approximate surface area is 152 Å². The first kappa shape index (κ1) is 21.6. The molecule has 1 fully saturated rings. The smallest absolute Gasteiger partial charge is 0.320 e. The van der Waals surface area contributed by atoms with Gasteiger partial charge in [-0.2, -0.15) is 0 Å². The number of nitrogens with one attached hydrogen (secondary N) is 2. The highest BCUT2D eigenvalue weighted by Crippen LogP contribution is 2.06. The zero-order valence-corrected chi connectivity index (χ0v) is 14.7. The van der Waals surface area contributed by atoms with Crippen LogP contribution in [0.5, 0.6) is 0 Å². The van der Waals surface area contributed by atoms with Crippen LogP contribution < -0.4 is 10.6 Å². The van der Waals surface area contributed by atoms with Crippen molar-refractivity contribution >= 4 is 17.9 Å². The third kappa shape index (κ3) is 8.09. The molecule has 0 saturated carbocycles. The number of hydrogen-bond acceptors (Lipinski definition) is 5. The molecule has 26 heavy (non-hydrogen) atoms. The third-order valence-corrected chi connectivity index (χ3v) is 4.04. The lowest BCUT2D eigenvalue weighted by molar-refractivity contribution is -0.142. The van der Waals surface area contributed by atoms with Crippen molar-refractivity contribution in [2.24, 2.45) is 0 Å². The monoisotopic (exact) mass is 366 g/mol. The Hall–Kier alpha value is -2.45. The molecule has 2 rings (SSSR count). The van der Waals surface area contributed by atoms with Crippen molar-refractivity contribution in [3.05, 3.63) is 35.9 Å². The van der Waals surface area contributed by atoms with Crippen LogP contribution in [0.4, 0.5) is 0 Å². The van der Waals surface area contributed by atoms with Crippen molar-refractivity contribution in [3.63, 3.8) is 0 Å². The molecule has 0 amide bonds. The molecular formula is C18H26N2O6. The van der Waals surface area contributed by atoms with Gasteiger partial charge in [-0.1, -0.05) is 30.3 Å². The molecule has 0 aromatic heterocycles. The maximum atomic E-state index is 11.0. The average Bonchev–Trinajstić information content (AvgIpc) is 3.14. The normalized spacial score (nSPS) is 18.3. The van der Waals surface area contributed by atoms with Crippen LogP contribution in [0.1, 0.15) is 31.7 Å². The molecule has 0 unspecified atom stereocenters. The van der Waals surface area contributed by atoms with E-state index in [0.29, 0.717) is 12.8 Å². The predicted molar refractivity (Wildman–Crippen MR) is 95.1 cm³/mol. The Morgan fingerprint density at radius 3 is 2.23 bits per heavy atom. The average molecular weight is 366 g/mol. The van der Waals surface area contributed by atoms with Gasteiger partial charge in [0.1, 0.15) is 18.1 Å². The predicted octanol–water partition coefficient (Wildman–Crippen LogP) is 0.958. The molecule has 1 aromatic carbocycles. The fourth-order valence-electron chi connectivity index (χ4n) is 2.50. The topological polar surface area (TPSA) is 136 Å². The summed E-state index contributed by atoms with van der Waals surface area (Å²) >= 11 is 0. The van der Waals surface area contributed by atoms with Crippen molar-refractivity contribution in [3.8, 4) is 0 Å². The van der Waals surface area contributed by atoms with Gasteiger partial charge < -0.3 is 20.6 Å². The number of carboxylic acids is 3. The van der Waals surface area contributed by atoms with E-state index in [2.05, 4.69) is 10.6 Å². The van der Waals surface area contributed by atoms with E-state index in [1.165, 1.54) is 6.92 Å². The molecule has 0 aliphatic carbocycles. The first-order valence-corrected chi connectivity index (χ1v) is 8.53. The molecule has 1 aliphatic rings. The summed E-state index contributed by atoms with van der Waals surface area (Å²) in [5.74, 6) is -2.80. The molecule has 8 nitrogen and oxygen atoms in total. The summed E-state index contributed by atoms with van der Waals surface area (Å²) < 4.78 is 0. The molecule has 1 heterocycles. The summed E-state index contributed by atoms with van der Waals surface area (Å²) in [4.78, 5) is 31.8. The van der Waals surface area contributed by atoms with Crippen LogP contribution in [0, 0.1) is 0 Å². The minimum absolute atomic E-state index is 0.269. The highest BCUT2D eigenvalue weighted by atomic mass is 16.4. The number of aryl methyl sites for hydroxylation is 1. The number of rotatable bonds is 8. The SMILES string of the molecule is C[C@H](N[C@@H](CCc1ccccc1)C(=O)O)C(=O)O.O=C(O)[C@@H]1CCCN1. The molecule has 1 aliphatic heterocycles. The maximum absolute atomic E-state index is 11.0. The second-order valence-electron chi connectivity index (χ2n) is 6.13. The number of hydrogen-bond donors (Lipinski definition) is 5. The second-order valence-corrected chi connectivity index (χ2v) is 6.13. The van der Waals surface area contributed by atoms with Crippen LogP contribution >= 0.6 is 0 Å². The van der Waals surface area contributed by atoms with E-state index in [0.717, 1.165) is 24.9 Å². The number of carbonyl (C=O) groups is 3. The van der Waals surface area contributed by atoms with Gasteiger partial charge in [0.25, 0.3) is 0 Å². The summed E-state index contributed by atoms with van der Waals surface area (Å²) in [5.41, 5.74) is 1.04. The lowest BCUT2D eigenvalue weighted by Crippen LogP contribution is -2.45. The fraction of sp³-hybridized carbons (Fsp3) is 0.500. The van der Waals surface area contributed by atoms with E-state index in [1.54, 1.807) is 0 Å². The molecule has 144 valence electrons. The Kier molecular flexibility index (Phi) is 9.32. The highest BCUT2D eigenvalue weighted by Gasteiger charge is 2.22. The number of carboxylic acid groups (broad SMARTS) is 3. The second kappa shape index (κ2) is 11.2. The van der Waals surface area contributed by atoms with Gasteiger partial charge in [0.2, 0.25) is 0 Å². The minimum atomic E-state index is -1.05. The maximum Gasteiger partial charge on any atom is 0.320 e. The van der Waals surface area contributed by atoms with E-state index in [-0.39, 0.29) is 6.04 Å². The van der Waals surface area contributed by atoms with Crippen molar-refractivity contribution in [1.29, 1.82) is 0 Å². The Morgan fingerprint density at radius 1 is 1.15 bits per heavy atom. The number of benzene rings is 1. The highest BCUT2D eigenvalue weighted by molar-refractivity contribution is 5.77. The van der Waals surface area contributed by atoms with E-state index >= 15 is 0 Å². The largest absolute Gasteiger partial charge is 0.480 e. The summed E-state index contributed by atoms with van der Waals surface area (Å²) in [6.45, 7) is 2.29. The Balaban J connectivity index is 0.000000350. The molecule has 0 radical (unpaired) electrons. The molecule has 8 heteroatoms. The van der Waals surface area contributed by atoms with Crippen LogP contribution in [0.25, 0.3) is 0 Å². The Bertz CT molecular complexity index is 587. The lowest BCUT2D eigenvalue weighted by atomic mass is 10.0. The summed E-state index contributed by atoms with van der Waals surface area (Å²) in [7, 11) is 0. The van der Waals surface area contributed by atoms with Gasteiger partial charge in [-0.15, -0.1) is 0 Å². The molecule has 3 atom stereocenters. The Morgan fingerprint density at radius 2 is 1.81 bits per heavy atom. The van der Waals surface area contributed by atoms with E-state index in [1.807, 2.05) is 30.3 Å². The molecule has 5 N–H and O–H groups in total. The standard InChI is InChI=1S/C13H17NO4.C5H9NO2/c1-9(12(15)16)14-11(13(17)18)8-7-10-5-3-2-4-6-10;7-5(8)4-2-1-3-6-4/h2-6,9,11,14H,7-8H2,1H3,(H,15,16)(H,17,18);4,6H,1-3H2,(H,7,8)/t9-,11-;4-/m00/s1. The van der Waals surface area contributed by atoms with Crippen molar-refractivity contribution in [1.82, 2.24) is 10.6 Å². The molecule has 0 bridgehead atoms. The molecule has 1 saturated heterocycles. The van der Waals surface area contributed by atoms with E-state index in [4.69, 9.17) is 15.3 Å². The van der Waals surface area contributed by atoms with Crippen molar-refractivity contribution < 1.29 is 29.7 Å². The van der Waals surface area contributed by atoms with Gasteiger partial charge in [-0.25, -0.2) is 0 Å². The third-order valence-electron chi connectivity index (χ3n) is 4.04. The summed E-state index contributed by atoms with van der Waals surface area (Å²) in [6.07, 6.45) is 2.74. The van der Waals surface area contributed by atoms with Gasteiger partial charge in [0, 0.05) is 0 Å². The van der Waals surface area contributed by atoms with Crippen LogP contribution in [-0.2, 0) is 20.8 Å². The summed E-state index contributed by atoms with van der Waals surface area (Å²) in [6, 6.07) is 7.51. The first-order chi connectivity index (χ1) is 12.3. The van der Waals surface area contributed by atoms with E-state index < -0.39 is 30.0 Å². The minimum Gasteiger partial charge on any atom is -0.480 e. The van der Waals surface area contributed by atoms with Crippen molar-refractivity contribution in [2.45, 2.75) is 50.7 Å². The van der Waals surface area contributed by atoms with Gasteiger partial charge >= 0.3 is 17.9 Å². The van der Waals surface area contributed by atoms with Gasteiger partial charge in [0.15, 0.2) is 0 Å². The molecule has 1 aromatic rings. The fourth-order valence-corrected chi connectivity index (χ4v) is 2.50. The van der Waals surface area contributed by atoms with Crippen LogP contribution in [0.2, 0.25) is 0 Å². The summed E-state index contributed by atoms with van der Waals surface area (Å²) in [5, 5.41) is 31.6. The van der Waals surface area contributed by atoms with Crippen LogP contribution in [0.15, 0.2) is 30.3 Å².